The summed E-state index contributed by atoms with van der Waals surface area (Å²) in [5.41, 5.74) is 1.40. The summed E-state index contributed by atoms with van der Waals surface area (Å²) in [6, 6.07) is 13.2. The predicted molar refractivity (Wildman–Crippen MR) is 109 cm³/mol. The zero-order chi connectivity index (χ0) is 20.7. The number of amides is 1. The van der Waals surface area contributed by atoms with Crippen LogP contribution >= 0.6 is 0 Å². The highest BCUT2D eigenvalue weighted by Crippen LogP contribution is 2.23. The summed E-state index contributed by atoms with van der Waals surface area (Å²) in [4.78, 5) is 12.5. The second kappa shape index (κ2) is 9.45. The van der Waals surface area contributed by atoms with Crippen molar-refractivity contribution in [1.82, 2.24) is 5.32 Å². The van der Waals surface area contributed by atoms with Gasteiger partial charge in [-0.3, -0.25) is 9.10 Å². The van der Waals surface area contributed by atoms with Crippen LogP contribution in [0.2, 0.25) is 0 Å². The molecule has 0 saturated carbocycles. The molecule has 2 aromatic rings. The van der Waals surface area contributed by atoms with Crippen LogP contribution in [-0.4, -0.2) is 46.9 Å². The maximum absolute atomic E-state index is 12.5. The zero-order valence-corrected chi connectivity index (χ0v) is 17.3. The highest BCUT2D eigenvalue weighted by atomic mass is 32.2. The zero-order valence-electron chi connectivity index (χ0n) is 16.5. The van der Waals surface area contributed by atoms with Crippen LogP contribution in [0, 0.1) is 6.92 Å². The summed E-state index contributed by atoms with van der Waals surface area (Å²) in [7, 11) is -2.13. The van der Waals surface area contributed by atoms with E-state index in [9.17, 15) is 13.2 Å². The minimum atomic E-state index is -3.66. The lowest BCUT2D eigenvalue weighted by molar-refractivity contribution is -0.121. The van der Waals surface area contributed by atoms with Crippen LogP contribution in [0.3, 0.4) is 0 Å². The molecule has 0 aliphatic carbocycles. The molecule has 0 fully saturated rings. The van der Waals surface area contributed by atoms with Gasteiger partial charge in [0.05, 0.1) is 25.6 Å². The highest BCUT2D eigenvalue weighted by Gasteiger charge is 2.28. The van der Waals surface area contributed by atoms with Gasteiger partial charge >= 0.3 is 0 Å². The molecule has 0 unspecified atom stereocenters. The average molecular weight is 407 g/mol. The van der Waals surface area contributed by atoms with E-state index >= 15 is 0 Å². The van der Waals surface area contributed by atoms with Crippen molar-refractivity contribution in [3.63, 3.8) is 0 Å². The Hall–Kier alpha value is -2.74. The maximum Gasteiger partial charge on any atom is 0.243 e. The smallest absolute Gasteiger partial charge is 0.243 e. The summed E-state index contributed by atoms with van der Waals surface area (Å²) in [6.45, 7) is 4.03. The van der Waals surface area contributed by atoms with Crippen molar-refractivity contribution in [2.24, 2.45) is 0 Å². The van der Waals surface area contributed by atoms with Crippen molar-refractivity contribution in [3.05, 3.63) is 54.1 Å². The molecule has 1 amide bonds. The molecule has 0 bridgehead atoms. The highest BCUT2D eigenvalue weighted by molar-refractivity contribution is 7.92. The molecule has 28 heavy (non-hydrogen) atoms. The molecule has 1 atom stereocenters. The normalized spacial score (nSPS) is 12.1. The Bertz CT molecular complexity index is 897. The Kier molecular flexibility index (Phi) is 7.28. The van der Waals surface area contributed by atoms with E-state index in [0.717, 1.165) is 21.9 Å². The van der Waals surface area contributed by atoms with Crippen molar-refractivity contribution in [2.75, 3.05) is 30.8 Å². The van der Waals surface area contributed by atoms with E-state index < -0.39 is 22.0 Å². The maximum atomic E-state index is 12.5. The van der Waals surface area contributed by atoms with Crippen LogP contribution in [0.5, 0.6) is 11.5 Å². The standard InChI is InChI=1S/C20H26N2O5S/c1-15-7-5-6-8-19(15)27-14-13-21-20(23)16(2)22(28(4,24)25)17-9-11-18(26-3)12-10-17/h5-12,16H,13-14H2,1-4H3,(H,21,23)/t16-/m0/s1. The Morgan fingerprint density at radius 1 is 1.14 bits per heavy atom. The molecule has 1 N–H and O–H groups in total. The van der Waals surface area contributed by atoms with Gasteiger partial charge in [-0.1, -0.05) is 18.2 Å². The van der Waals surface area contributed by atoms with Crippen molar-refractivity contribution >= 4 is 21.6 Å². The largest absolute Gasteiger partial charge is 0.497 e. The Morgan fingerprint density at radius 3 is 2.36 bits per heavy atom. The van der Waals surface area contributed by atoms with Gasteiger partial charge in [0.2, 0.25) is 15.9 Å². The van der Waals surface area contributed by atoms with Crippen LogP contribution in [0.4, 0.5) is 5.69 Å². The second-order valence-electron chi connectivity index (χ2n) is 6.34. The predicted octanol–water partition coefficient (Wildman–Crippen LogP) is 2.35. The molecule has 0 saturated heterocycles. The molecule has 8 heteroatoms. The number of ether oxygens (including phenoxy) is 2. The third-order valence-corrected chi connectivity index (χ3v) is 5.41. The minimum absolute atomic E-state index is 0.262. The van der Waals surface area contributed by atoms with Gasteiger partial charge in [-0.05, 0) is 49.7 Å². The number of hydrogen-bond donors (Lipinski definition) is 1. The number of para-hydroxylation sites is 1. The van der Waals surface area contributed by atoms with Crippen LogP contribution < -0.4 is 19.1 Å². The first-order valence-electron chi connectivity index (χ1n) is 8.83. The summed E-state index contributed by atoms with van der Waals surface area (Å²) >= 11 is 0. The molecule has 7 nitrogen and oxygen atoms in total. The molecule has 152 valence electrons. The van der Waals surface area contributed by atoms with Gasteiger partial charge in [-0.2, -0.15) is 0 Å². The molecule has 2 rings (SSSR count). The molecule has 2 aromatic carbocycles. The first-order valence-corrected chi connectivity index (χ1v) is 10.7. The van der Waals surface area contributed by atoms with Crippen molar-refractivity contribution < 1.29 is 22.7 Å². The van der Waals surface area contributed by atoms with Crippen molar-refractivity contribution in [1.29, 1.82) is 0 Å². The SMILES string of the molecule is COc1ccc(N([C@@H](C)C(=O)NCCOc2ccccc2C)S(C)(=O)=O)cc1. The third-order valence-electron chi connectivity index (χ3n) is 4.17. The molecule has 0 spiro atoms. The number of rotatable bonds is 9. The number of nitrogens with one attached hydrogen (secondary N) is 1. The van der Waals surface area contributed by atoms with Gasteiger partial charge in [0.15, 0.2) is 0 Å². The number of hydrogen-bond acceptors (Lipinski definition) is 5. The number of methoxy groups -OCH3 is 1. The molecular weight excluding hydrogens is 380 g/mol. The lowest BCUT2D eigenvalue weighted by Gasteiger charge is -2.28. The number of carbonyl (C=O) groups is 1. The number of sulfonamides is 1. The van der Waals surface area contributed by atoms with E-state index in [1.807, 2.05) is 31.2 Å². The van der Waals surface area contributed by atoms with E-state index in [1.54, 1.807) is 31.2 Å². The van der Waals surface area contributed by atoms with Crippen molar-refractivity contribution in [2.45, 2.75) is 19.9 Å². The third kappa shape index (κ3) is 5.63. The summed E-state index contributed by atoms with van der Waals surface area (Å²) < 4.78 is 36.4. The molecule has 0 aliphatic heterocycles. The quantitative estimate of drug-likeness (QED) is 0.646. The lowest BCUT2D eigenvalue weighted by Crippen LogP contribution is -2.48. The van der Waals surface area contributed by atoms with Crippen LogP contribution in [0.25, 0.3) is 0 Å². The van der Waals surface area contributed by atoms with Gasteiger partial charge in [0.25, 0.3) is 0 Å². The number of benzene rings is 2. The lowest BCUT2D eigenvalue weighted by atomic mass is 10.2. The van der Waals surface area contributed by atoms with E-state index in [-0.39, 0.29) is 13.2 Å². The van der Waals surface area contributed by atoms with Crippen molar-refractivity contribution in [3.8, 4) is 11.5 Å². The first kappa shape index (κ1) is 21.6. The van der Waals surface area contributed by atoms with Crippen LogP contribution in [0.1, 0.15) is 12.5 Å². The molecule has 0 radical (unpaired) electrons. The van der Waals surface area contributed by atoms with E-state index in [0.29, 0.717) is 11.4 Å². The summed E-state index contributed by atoms with van der Waals surface area (Å²) in [5.74, 6) is 0.943. The fourth-order valence-electron chi connectivity index (χ4n) is 2.74. The van der Waals surface area contributed by atoms with Gasteiger partial charge < -0.3 is 14.8 Å². The topological polar surface area (TPSA) is 84.9 Å². The van der Waals surface area contributed by atoms with Crippen LogP contribution in [0.15, 0.2) is 48.5 Å². The second-order valence-corrected chi connectivity index (χ2v) is 8.20. The number of nitrogens with zero attached hydrogens (tertiary/aromatic N) is 1. The van der Waals surface area contributed by atoms with Crippen LogP contribution in [-0.2, 0) is 14.8 Å². The molecule has 0 aliphatic rings. The first-order chi connectivity index (χ1) is 13.2. The number of carbonyl (C=O) groups excluding carboxylic acids is 1. The molecule has 0 heterocycles. The van der Waals surface area contributed by atoms with Gasteiger partial charge in [0, 0.05) is 0 Å². The fraction of sp³-hybridized carbons (Fsp3) is 0.350. The van der Waals surface area contributed by atoms with Gasteiger partial charge in [-0.15, -0.1) is 0 Å². The monoisotopic (exact) mass is 406 g/mol. The minimum Gasteiger partial charge on any atom is -0.497 e. The Balaban J connectivity index is 2.00. The van der Waals surface area contributed by atoms with E-state index in [4.69, 9.17) is 9.47 Å². The fourth-order valence-corrected chi connectivity index (χ4v) is 3.91. The van der Waals surface area contributed by atoms with Gasteiger partial charge in [-0.25, -0.2) is 8.42 Å². The summed E-state index contributed by atoms with van der Waals surface area (Å²) in [5, 5.41) is 2.72. The Labute approximate surface area is 166 Å². The molecule has 0 aromatic heterocycles. The van der Waals surface area contributed by atoms with E-state index in [2.05, 4.69) is 5.32 Å². The number of aryl methyl sites for hydroxylation is 1. The Morgan fingerprint density at radius 2 is 1.79 bits per heavy atom. The average Bonchev–Trinajstić information content (AvgIpc) is 2.66. The van der Waals surface area contributed by atoms with Gasteiger partial charge in [0.1, 0.15) is 24.1 Å². The number of anilines is 1. The van der Waals surface area contributed by atoms with E-state index in [1.165, 1.54) is 7.11 Å². The molecular formula is C20H26N2O5S. The summed E-state index contributed by atoms with van der Waals surface area (Å²) in [6.07, 6.45) is 1.07.